The number of fused-ring (bicyclic) bond motifs is 1. The topological polar surface area (TPSA) is 112 Å². The maximum atomic E-state index is 11.7. The van der Waals surface area contributed by atoms with Crippen molar-refractivity contribution in [2.24, 2.45) is 0 Å². The molecule has 0 atom stereocenters. The van der Waals surface area contributed by atoms with E-state index in [1.807, 2.05) is 0 Å². The van der Waals surface area contributed by atoms with Gasteiger partial charge in [-0.05, 0) is 18.2 Å². The van der Waals surface area contributed by atoms with Crippen LogP contribution in [0.2, 0.25) is 0 Å². The van der Waals surface area contributed by atoms with Crippen molar-refractivity contribution in [3.8, 4) is 0 Å². The normalized spacial score (nSPS) is 10.7. The zero-order chi connectivity index (χ0) is 13.1. The zero-order valence-electron chi connectivity index (χ0n) is 9.23. The molecule has 3 N–H and O–H groups in total. The molecule has 0 fully saturated rings. The molecule has 0 aliphatic carbocycles. The summed E-state index contributed by atoms with van der Waals surface area (Å²) >= 11 is 0. The van der Waals surface area contributed by atoms with Crippen LogP contribution < -0.4 is 5.69 Å². The number of aromatic nitrogens is 2. The van der Waals surface area contributed by atoms with Crippen LogP contribution in [0.3, 0.4) is 0 Å². The van der Waals surface area contributed by atoms with Gasteiger partial charge in [0.15, 0.2) is 5.78 Å². The van der Waals surface area contributed by atoms with E-state index in [0.29, 0.717) is 16.6 Å². The first kappa shape index (κ1) is 12.1. The minimum Gasteiger partial charge on any atom is -0.480 e. The van der Waals surface area contributed by atoms with E-state index in [0.717, 1.165) is 0 Å². The lowest BCUT2D eigenvalue weighted by Gasteiger charge is -2.01. The Morgan fingerprint density at radius 1 is 1.17 bits per heavy atom. The lowest BCUT2D eigenvalue weighted by molar-refractivity contribution is -0.141. The molecule has 0 unspecified atom stereocenters. The molecule has 0 saturated heterocycles. The maximum absolute atomic E-state index is 11.7. The summed E-state index contributed by atoms with van der Waals surface area (Å²) < 4.78 is 4.70. The van der Waals surface area contributed by atoms with E-state index in [4.69, 9.17) is 9.84 Å². The van der Waals surface area contributed by atoms with Crippen molar-refractivity contribution in [3.63, 3.8) is 0 Å². The van der Waals surface area contributed by atoms with Crippen molar-refractivity contribution in [3.05, 3.63) is 34.2 Å². The van der Waals surface area contributed by atoms with Crippen molar-refractivity contribution in [2.45, 2.75) is 0 Å². The highest BCUT2D eigenvalue weighted by atomic mass is 16.5. The fourth-order valence-electron chi connectivity index (χ4n) is 1.52. The number of hydrogen-bond donors (Lipinski definition) is 3. The number of nitrogens with one attached hydrogen (secondary N) is 2. The van der Waals surface area contributed by atoms with E-state index < -0.39 is 12.6 Å². The second-order valence-corrected chi connectivity index (χ2v) is 3.65. The number of Topliss-reactive ketones (excluding diaryl/α,β-unsaturated/α-hetero) is 1. The summed E-state index contributed by atoms with van der Waals surface area (Å²) in [4.78, 5) is 38.0. The minimum atomic E-state index is -1.13. The summed E-state index contributed by atoms with van der Waals surface area (Å²) in [6, 6.07) is 4.65. The van der Waals surface area contributed by atoms with Crippen LogP contribution in [0.15, 0.2) is 23.0 Å². The maximum Gasteiger partial charge on any atom is 0.329 e. The Balaban J connectivity index is 2.12. The first-order valence-electron chi connectivity index (χ1n) is 5.11. The summed E-state index contributed by atoms with van der Waals surface area (Å²) in [5, 5.41) is 8.36. The summed E-state index contributed by atoms with van der Waals surface area (Å²) in [6.45, 7) is -0.832. The molecule has 7 heteroatoms. The molecule has 94 valence electrons. The number of imidazole rings is 1. The third-order valence-corrected chi connectivity index (χ3v) is 2.30. The van der Waals surface area contributed by atoms with Gasteiger partial charge in [-0.2, -0.15) is 0 Å². The quantitative estimate of drug-likeness (QED) is 0.653. The van der Waals surface area contributed by atoms with Crippen LogP contribution in [0.5, 0.6) is 0 Å². The summed E-state index contributed by atoms with van der Waals surface area (Å²) in [7, 11) is 0. The number of ether oxygens (including phenoxy) is 1. The van der Waals surface area contributed by atoms with Gasteiger partial charge in [0.1, 0.15) is 13.2 Å². The molecule has 0 aliphatic heterocycles. The molecule has 0 aliphatic rings. The minimum absolute atomic E-state index is 0.313. The number of aliphatic carboxylic acids is 1. The van der Waals surface area contributed by atoms with Crippen molar-refractivity contribution < 1.29 is 19.4 Å². The van der Waals surface area contributed by atoms with Gasteiger partial charge in [-0.15, -0.1) is 0 Å². The molecule has 0 spiro atoms. The van der Waals surface area contributed by atoms with Gasteiger partial charge in [-0.3, -0.25) is 4.79 Å². The Hall–Kier alpha value is -2.41. The first-order valence-corrected chi connectivity index (χ1v) is 5.11. The van der Waals surface area contributed by atoms with Crippen LogP contribution in [0.4, 0.5) is 0 Å². The summed E-state index contributed by atoms with van der Waals surface area (Å²) in [5.41, 5.74) is 1.12. The molecule has 0 radical (unpaired) electrons. The van der Waals surface area contributed by atoms with E-state index in [2.05, 4.69) is 9.97 Å². The van der Waals surface area contributed by atoms with Gasteiger partial charge in [0.05, 0.1) is 11.0 Å². The average molecular weight is 250 g/mol. The first-order chi connectivity index (χ1) is 8.56. The fraction of sp³-hybridized carbons (Fsp3) is 0.182. The van der Waals surface area contributed by atoms with Crippen molar-refractivity contribution >= 4 is 22.8 Å². The number of carbonyl (C=O) groups is 2. The van der Waals surface area contributed by atoms with E-state index in [-0.39, 0.29) is 18.1 Å². The second kappa shape index (κ2) is 4.84. The van der Waals surface area contributed by atoms with Gasteiger partial charge in [0.25, 0.3) is 0 Å². The monoisotopic (exact) mass is 250 g/mol. The number of aromatic amines is 2. The number of benzene rings is 1. The average Bonchev–Trinajstić information content (AvgIpc) is 2.67. The summed E-state index contributed by atoms with van der Waals surface area (Å²) in [5.74, 6) is -1.48. The highest BCUT2D eigenvalue weighted by Crippen LogP contribution is 2.10. The Labute approximate surface area is 100 Å². The number of hydrogen-bond acceptors (Lipinski definition) is 4. The lowest BCUT2D eigenvalue weighted by atomic mass is 10.1. The molecule has 7 nitrogen and oxygen atoms in total. The second-order valence-electron chi connectivity index (χ2n) is 3.65. The molecule has 2 aromatic rings. The zero-order valence-corrected chi connectivity index (χ0v) is 9.23. The molecule has 0 saturated carbocycles. The molecule has 18 heavy (non-hydrogen) atoms. The predicted molar refractivity (Wildman–Crippen MR) is 61.7 cm³/mol. The van der Waals surface area contributed by atoms with Crippen LogP contribution in [0.25, 0.3) is 11.0 Å². The smallest absolute Gasteiger partial charge is 0.329 e. The fourth-order valence-corrected chi connectivity index (χ4v) is 1.52. The molecule has 2 rings (SSSR count). The lowest BCUT2D eigenvalue weighted by Crippen LogP contribution is -2.14. The standard InChI is InChI=1S/C11H10N2O5/c14-9(4-18-5-10(15)16)6-1-2-7-8(3-6)13-11(17)12-7/h1-3H,4-5H2,(H,15,16)(H2,12,13,17). The van der Waals surface area contributed by atoms with Crippen molar-refractivity contribution in [2.75, 3.05) is 13.2 Å². The van der Waals surface area contributed by atoms with E-state index in [9.17, 15) is 14.4 Å². The highest BCUT2D eigenvalue weighted by Gasteiger charge is 2.09. The van der Waals surface area contributed by atoms with Crippen LogP contribution in [-0.2, 0) is 9.53 Å². The van der Waals surface area contributed by atoms with Crippen molar-refractivity contribution in [1.82, 2.24) is 9.97 Å². The molecule has 0 bridgehead atoms. The number of carbonyl (C=O) groups excluding carboxylic acids is 1. The Kier molecular flexibility index (Phi) is 3.24. The predicted octanol–water partition coefficient (Wildman–Crippen LogP) is 0.140. The Morgan fingerprint density at radius 2 is 1.89 bits per heavy atom. The number of ketones is 1. The molecule has 1 aromatic carbocycles. The highest BCUT2D eigenvalue weighted by molar-refractivity contribution is 5.99. The van der Waals surface area contributed by atoms with Gasteiger partial charge >= 0.3 is 11.7 Å². The molecule has 1 heterocycles. The van der Waals surface area contributed by atoms with Crippen LogP contribution in [0, 0.1) is 0 Å². The number of carboxylic acids is 1. The Bertz CT molecular complexity index is 655. The van der Waals surface area contributed by atoms with Crippen LogP contribution >= 0.6 is 0 Å². The third kappa shape index (κ3) is 2.64. The van der Waals surface area contributed by atoms with Gasteiger partial charge in [-0.25, -0.2) is 9.59 Å². The number of carboxylic acid groups (broad SMARTS) is 1. The van der Waals surface area contributed by atoms with E-state index in [1.54, 1.807) is 12.1 Å². The van der Waals surface area contributed by atoms with E-state index >= 15 is 0 Å². The van der Waals surface area contributed by atoms with Gasteiger partial charge < -0.3 is 19.8 Å². The van der Waals surface area contributed by atoms with Gasteiger partial charge in [-0.1, -0.05) is 0 Å². The Morgan fingerprint density at radius 3 is 2.61 bits per heavy atom. The van der Waals surface area contributed by atoms with Crippen LogP contribution in [0.1, 0.15) is 10.4 Å². The van der Waals surface area contributed by atoms with Gasteiger partial charge in [0, 0.05) is 5.56 Å². The molecular weight excluding hydrogens is 240 g/mol. The largest absolute Gasteiger partial charge is 0.480 e. The summed E-state index contributed by atoms with van der Waals surface area (Å²) in [6.07, 6.45) is 0. The molecule has 1 aromatic heterocycles. The van der Waals surface area contributed by atoms with Gasteiger partial charge in [0.2, 0.25) is 0 Å². The molecular formula is C11H10N2O5. The third-order valence-electron chi connectivity index (χ3n) is 2.30. The number of rotatable bonds is 5. The van der Waals surface area contributed by atoms with Crippen LogP contribution in [-0.4, -0.2) is 40.0 Å². The van der Waals surface area contributed by atoms with E-state index in [1.165, 1.54) is 6.07 Å². The van der Waals surface area contributed by atoms with Crippen molar-refractivity contribution in [1.29, 1.82) is 0 Å². The molecule has 0 amide bonds. The SMILES string of the molecule is O=C(O)COCC(=O)c1ccc2[nH]c(=O)[nH]c2c1. The number of H-pyrrole nitrogens is 2.